The predicted molar refractivity (Wildman–Crippen MR) is 134 cm³/mol. The van der Waals surface area contributed by atoms with E-state index in [1.54, 1.807) is 42.5 Å². The van der Waals surface area contributed by atoms with Gasteiger partial charge in [-0.15, -0.1) is 0 Å². The third-order valence-electron chi connectivity index (χ3n) is 5.36. The number of benzene rings is 3. The summed E-state index contributed by atoms with van der Waals surface area (Å²) in [7, 11) is -3.93. The third-order valence-corrected chi connectivity index (χ3v) is 7.15. The van der Waals surface area contributed by atoms with Crippen LogP contribution >= 0.6 is 0 Å². The summed E-state index contributed by atoms with van der Waals surface area (Å²) in [6.45, 7) is 7.73. The van der Waals surface area contributed by atoms with Gasteiger partial charge in [0, 0.05) is 0 Å². The van der Waals surface area contributed by atoms with E-state index in [1.165, 1.54) is 4.31 Å². The summed E-state index contributed by atoms with van der Waals surface area (Å²) in [5.41, 5.74) is 3.34. The number of amides is 1. The number of nitrogens with one attached hydrogen (secondary N) is 1. The van der Waals surface area contributed by atoms with E-state index in [2.05, 4.69) is 19.2 Å². The van der Waals surface area contributed by atoms with E-state index >= 15 is 0 Å². The maximum absolute atomic E-state index is 13.6. The number of carbonyl (C=O) groups excluding carboxylic acids is 1. The molecular weight excluding hydrogens is 432 g/mol. The molecule has 0 radical (unpaired) electrons. The molecule has 0 aliphatic rings. The van der Waals surface area contributed by atoms with Gasteiger partial charge in [-0.3, -0.25) is 9.10 Å². The van der Waals surface area contributed by atoms with Crippen LogP contribution in [0.15, 0.2) is 83.8 Å². The summed E-state index contributed by atoms with van der Waals surface area (Å²) < 4.78 is 28.3. The van der Waals surface area contributed by atoms with Gasteiger partial charge in [0.2, 0.25) is 5.91 Å². The Morgan fingerprint density at radius 2 is 1.42 bits per heavy atom. The minimum Gasteiger partial charge on any atom is -0.348 e. The van der Waals surface area contributed by atoms with Gasteiger partial charge in [0.25, 0.3) is 10.0 Å². The monoisotopic (exact) mass is 464 g/mol. The fourth-order valence-corrected chi connectivity index (χ4v) is 5.36. The highest BCUT2D eigenvalue weighted by Crippen LogP contribution is 2.26. The summed E-state index contributed by atoms with van der Waals surface area (Å²) in [6.07, 6.45) is 0.755. The quantitative estimate of drug-likeness (QED) is 0.461. The number of carbonyl (C=O) groups is 1. The van der Waals surface area contributed by atoms with Crippen molar-refractivity contribution in [1.82, 2.24) is 5.32 Å². The Morgan fingerprint density at radius 1 is 0.879 bits per heavy atom. The molecule has 0 heterocycles. The number of aryl methyl sites for hydroxylation is 2. The number of hydrogen-bond acceptors (Lipinski definition) is 3. The molecular formula is C27H32N2O3S. The second kappa shape index (κ2) is 10.7. The van der Waals surface area contributed by atoms with Crippen LogP contribution in [0.4, 0.5) is 5.69 Å². The first-order chi connectivity index (χ1) is 15.7. The molecule has 33 heavy (non-hydrogen) atoms. The van der Waals surface area contributed by atoms with Crippen LogP contribution in [0.25, 0.3) is 0 Å². The fourth-order valence-electron chi connectivity index (χ4n) is 3.93. The molecule has 1 N–H and O–H groups in total. The first-order valence-corrected chi connectivity index (χ1v) is 12.6. The standard InChI is InChI=1S/C27H32N2O3S/c1-20(2)15-26(23-11-7-5-8-12-23)28-27(30)19-29(24-17-21(3)16-22(4)18-24)33(31,32)25-13-9-6-10-14-25/h5-14,16-18,20,26H,15,19H2,1-4H3,(H,28,30)/t26-/m0/s1. The zero-order chi connectivity index (χ0) is 24.0. The number of rotatable bonds is 9. The molecule has 1 atom stereocenters. The van der Waals surface area contributed by atoms with Gasteiger partial charge in [-0.25, -0.2) is 8.42 Å². The highest BCUT2D eigenvalue weighted by atomic mass is 32.2. The summed E-state index contributed by atoms with van der Waals surface area (Å²) in [6, 6.07) is 23.4. The molecule has 0 aliphatic carbocycles. The van der Waals surface area contributed by atoms with Gasteiger partial charge >= 0.3 is 0 Å². The Morgan fingerprint density at radius 3 is 1.97 bits per heavy atom. The molecule has 1 amide bonds. The second-order valence-corrected chi connectivity index (χ2v) is 10.7. The smallest absolute Gasteiger partial charge is 0.264 e. The molecule has 0 saturated heterocycles. The Bertz CT molecular complexity index is 1160. The van der Waals surface area contributed by atoms with Crippen LogP contribution in [-0.4, -0.2) is 20.9 Å². The SMILES string of the molecule is Cc1cc(C)cc(N(CC(=O)N[C@@H](CC(C)C)c2ccccc2)S(=O)(=O)c2ccccc2)c1. The van der Waals surface area contributed by atoms with Crippen LogP contribution in [0.3, 0.4) is 0 Å². The van der Waals surface area contributed by atoms with Crippen molar-refractivity contribution in [2.45, 2.75) is 45.1 Å². The molecule has 5 nitrogen and oxygen atoms in total. The van der Waals surface area contributed by atoms with E-state index in [0.29, 0.717) is 11.6 Å². The van der Waals surface area contributed by atoms with E-state index in [9.17, 15) is 13.2 Å². The summed E-state index contributed by atoms with van der Waals surface area (Å²) in [5, 5.41) is 3.07. The van der Waals surface area contributed by atoms with E-state index in [4.69, 9.17) is 0 Å². The zero-order valence-electron chi connectivity index (χ0n) is 19.7. The maximum atomic E-state index is 13.6. The average molecular weight is 465 g/mol. The van der Waals surface area contributed by atoms with E-state index in [0.717, 1.165) is 23.1 Å². The minimum absolute atomic E-state index is 0.152. The topological polar surface area (TPSA) is 66.5 Å². The van der Waals surface area contributed by atoms with Crippen LogP contribution in [-0.2, 0) is 14.8 Å². The molecule has 0 fully saturated rings. The van der Waals surface area contributed by atoms with E-state index in [1.807, 2.05) is 50.2 Å². The molecule has 3 aromatic carbocycles. The summed E-state index contributed by atoms with van der Waals surface area (Å²) in [5.74, 6) is 0.0160. The fraction of sp³-hybridized carbons (Fsp3) is 0.296. The van der Waals surface area contributed by atoms with E-state index < -0.39 is 10.0 Å². The zero-order valence-corrected chi connectivity index (χ0v) is 20.5. The lowest BCUT2D eigenvalue weighted by molar-refractivity contribution is -0.120. The summed E-state index contributed by atoms with van der Waals surface area (Å²) in [4.78, 5) is 13.4. The minimum atomic E-state index is -3.93. The van der Waals surface area contributed by atoms with Crippen LogP contribution in [0.1, 0.15) is 43.0 Å². The molecule has 0 aromatic heterocycles. The Labute approximate surface area is 197 Å². The Balaban J connectivity index is 1.95. The largest absolute Gasteiger partial charge is 0.348 e. The van der Waals surface area contributed by atoms with Crippen molar-refractivity contribution in [2.24, 2.45) is 5.92 Å². The first kappa shape index (κ1) is 24.5. The highest BCUT2D eigenvalue weighted by Gasteiger charge is 2.28. The average Bonchev–Trinajstić information content (AvgIpc) is 2.77. The van der Waals surface area contributed by atoms with Crippen molar-refractivity contribution in [3.8, 4) is 0 Å². The Kier molecular flexibility index (Phi) is 7.92. The van der Waals surface area contributed by atoms with Crippen molar-refractivity contribution in [3.05, 3.63) is 95.6 Å². The molecule has 0 unspecified atom stereocenters. The van der Waals surface area contributed by atoms with Crippen molar-refractivity contribution in [2.75, 3.05) is 10.8 Å². The highest BCUT2D eigenvalue weighted by molar-refractivity contribution is 7.92. The van der Waals surface area contributed by atoms with Gasteiger partial charge < -0.3 is 5.32 Å². The summed E-state index contributed by atoms with van der Waals surface area (Å²) >= 11 is 0. The number of nitrogens with zero attached hydrogens (tertiary/aromatic N) is 1. The van der Waals surface area contributed by atoms with Crippen molar-refractivity contribution in [3.63, 3.8) is 0 Å². The van der Waals surface area contributed by atoms with Gasteiger partial charge in [-0.05, 0) is 67.1 Å². The number of hydrogen-bond donors (Lipinski definition) is 1. The molecule has 3 aromatic rings. The maximum Gasteiger partial charge on any atom is 0.264 e. The lowest BCUT2D eigenvalue weighted by Crippen LogP contribution is -2.42. The molecule has 0 saturated carbocycles. The van der Waals surface area contributed by atoms with Gasteiger partial charge in [0.05, 0.1) is 16.6 Å². The van der Waals surface area contributed by atoms with Gasteiger partial charge in [-0.2, -0.15) is 0 Å². The molecule has 174 valence electrons. The number of anilines is 1. The van der Waals surface area contributed by atoms with Crippen LogP contribution in [0, 0.1) is 19.8 Å². The molecule has 6 heteroatoms. The normalized spacial score (nSPS) is 12.4. The van der Waals surface area contributed by atoms with Crippen molar-refractivity contribution >= 4 is 21.6 Å². The lowest BCUT2D eigenvalue weighted by atomic mass is 9.97. The third kappa shape index (κ3) is 6.45. The van der Waals surface area contributed by atoms with Gasteiger partial charge in [0.15, 0.2) is 0 Å². The molecule has 0 aliphatic heterocycles. The van der Waals surface area contributed by atoms with Crippen molar-refractivity contribution in [1.29, 1.82) is 0 Å². The number of sulfonamides is 1. The molecule has 3 rings (SSSR count). The van der Waals surface area contributed by atoms with Crippen LogP contribution in [0.5, 0.6) is 0 Å². The lowest BCUT2D eigenvalue weighted by Gasteiger charge is -2.27. The molecule has 0 spiro atoms. The van der Waals surface area contributed by atoms with Crippen LogP contribution < -0.4 is 9.62 Å². The van der Waals surface area contributed by atoms with Crippen molar-refractivity contribution < 1.29 is 13.2 Å². The van der Waals surface area contributed by atoms with Gasteiger partial charge in [-0.1, -0.05) is 68.4 Å². The Hall–Kier alpha value is -3.12. The predicted octanol–water partition coefficient (Wildman–Crippen LogP) is 5.40. The van der Waals surface area contributed by atoms with E-state index in [-0.39, 0.29) is 23.4 Å². The first-order valence-electron chi connectivity index (χ1n) is 11.2. The van der Waals surface area contributed by atoms with Gasteiger partial charge in [0.1, 0.15) is 6.54 Å². The second-order valence-electron chi connectivity index (χ2n) is 8.83. The molecule has 0 bridgehead atoms. The van der Waals surface area contributed by atoms with Crippen LogP contribution in [0.2, 0.25) is 0 Å².